The van der Waals surface area contributed by atoms with Crippen molar-refractivity contribution in [2.45, 2.75) is 66.0 Å². The number of nitrogens with one attached hydrogen (secondary N) is 1. The molecule has 0 amide bonds. The molecular weight excluding hydrogens is 222 g/mol. The second-order valence-corrected chi connectivity index (χ2v) is 6.37. The third-order valence-corrected chi connectivity index (χ3v) is 3.73. The molecule has 18 heavy (non-hydrogen) atoms. The van der Waals surface area contributed by atoms with Crippen LogP contribution in [0.4, 0.5) is 5.95 Å². The Labute approximate surface area is 111 Å². The molecule has 0 saturated heterocycles. The van der Waals surface area contributed by atoms with Gasteiger partial charge in [-0.3, -0.25) is 0 Å². The molecule has 1 aromatic heterocycles. The lowest BCUT2D eigenvalue weighted by Gasteiger charge is -2.28. The summed E-state index contributed by atoms with van der Waals surface area (Å²) in [5.41, 5.74) is 1.11. The SMILES string of the molecule is Cc1cn(CC(C)C)c(NC2CCCC(C)C2)n1. The van der Waals surface area contributed by atoms with Crippen LogP contribution in [0.25, 0.3) is 0 Å². The Morgan fingerprint density at radius 3 is 2.89 bits per heavy atom. The van der Waals surface area contributed by atoms with Gasteiger partial charge in [-0.25, -0.2) is 4.98 Å². The van der Waals surface area contributed by atoms with Crippen LogP contribution in [0.15, 0.2) is 6.20 Å². The van der Waals surface area contributed by atoms with Gasteiger partial charge < -0.3 is 9.88 Å². The summed E-state index contributed by atoms with van der Waals surface area (Å²) in [7, 11) is 0. The lowest BCUT2D eigenvalue weighted by atomic mass is 9.87. The molecule has 1 fully saturated rings. The normalized spacial score (nSPS) is 24.5. The van der Waals surface area contributed by atoms with Crippen molar-refractivity contribution in [3.8, 4) is 0 Å². The highest BCUT2D eigenvalue weighted by Gasteiger charge is 2.20. The summed E-state index contributed by atoms with van der Waals surface area (Å²) in [6.07, 6.45) is 7.47. The first-order chi connectivity index (χ1) is 8.54. The highest BCUT2D eigenvalue weighted by Crippen LogP contribution is 2.26. The van der Waals surface area contributed by atoms with Crippen LogP contribution >= 0.6 is 0 Å². The van der Waals surface area contributed by atoms with E-state index in [4.69, 9.17) is 0 Å². The fraction of sp³-hybridized carbons (Fsp3) is 0.800. The molecule has 1 aliphatic rings. The zero-order valence-electron chi connectivity index (χ0n) is 12.2. The summed E-state index contributed by atoms with van der Waals surface area (Å²) in [5.74, 6) is 2.58. The second-order valence-electron chi connectivity index (χ2n) is 6.37. The quantitative estimate of drug-likeness (QED) is 0.878. The van der Waals surface area contributed by atoms with Gasteiger partial charge in [0.25, 0.3) is 0 Å². The van der Waals surface area contributed by atoms with Gasteiger partial charge in [0, 0.05) is 18.8 Å². The van der Waals surface area contributed by atoms with Crippen LogP contribution in [0.5, 0.6) is 0 Å². The summed E-state index contributed by atoms with van der Waals surface area (Å²) in [6.45, 7) is 9.99. The summed E-state index contributed by atoms with van der Waals surface area (Å²) < 4.78 is 2.28. The monoisotopic (exact) mass is 249 g/mol. The van der Waals surface area contributed by atoms with E-state index < -0.39 is 0 Å². The average molecular weight is 249 g/mol. The van der Waals surface area contributed by atoms with Gasteiger partial charge in [0.2, 0.25) is 5.95 Å². The topological polar surface area (TPSA) is 29.9 Å². The maximum atomic E-state index is 4.63. The van der Waals surface area contributed by atoms with Gasteiger partial charge in [0.15, 0.2) is 0 Å². The van der Waals surface area contributed by atoms with Crippen molar-refractivity contribution in [1.29, 1.82) is 0 Å². The molecule has 0 aromatic carbocycles. The molecule has 2 atom stereocenters. The Hall–Kier alpha value is -0.990. The predicted octanol–water partition coefficient (Wildman–Crippen LogP) is 3.84. The Kier molecular flexibility index (Phi) is 4.31. The van der Waals surface area contributed by atoms with Crippen molar-refractivity contribution >= 4 is 5.95 Å². The van der Waals surface area contributed by atoms with Crippen molar-refractivity contribution in [2.24, 2.45) is 11.8 Å². The molecule has 0 spiro atoms. The molecule has 0 radical (unpaired) electrons. The maximum Gasteiger partial charge on any atom is 0.203 e. The van der Waals surface area contributed by atoms with E-state index in [0.717, 1.165) is 24.1 Å². The molecule has 1 saturated carbocycles. The van der Waals surface area contributed by atoms with Gasteiger partial charge in [-0.1, -0.05) is 33.6 Å². The van der Waals surface area contributed by atoms with Crippen LogP contribution in [0.1, 0.15) is 52.1 Å². The molecule has 0 aliphatic heterocycles. The highest BCUT2D eigenvalue weighted by atomic mass is 15.2. The second kappa shape index (κ2) is 5.77. The van der Waals surface area contributed by atoms with Gasteiger partial charge in [0.1, 0.15) is 0 Å². The van der Waals surface area contributed by atoms with Crippen LogP contribution in [0.2, 0.25) is 0 Å². The molecule has 2 rings (SSSR count). The Bertz CT molecular complexity index is 381. The van der Waals surface area contributed by atoms with Gasteiger partial charge >= 0.3 is 0 Å². The number of imidazole rings is 1. The van der Waals surface area contributed by atoms with Crippen molar-refractivity contribution < 1.29 is 0 Å². The first kappa shape index (κ1) is 13.4. The van der Waals surface area contributed by atoms with Crippen molar-refractivity contribution in [1.82, 2.24) is 9.55 Å². The van der Waals surface area contributed by atoms with Crippen LogP contribution < -0.4 is 5.32 Å². The fourth-order valence-corrected chi connectivity index (χ4v) is 2.94. The molecular formula is C15H27N3. The van der Waals surface area contributed by atoms with Crippen molar-refractivity contribution in [3.63, 3.8) is 0 Å². The van der Waals surface area contributed by atoms with E-state index >= 15 is 0 Å². The molecule has 1 aliphatic carbocycles. The van der Waals surface area contributed by atoms with E-state index in [1.807, 2.05) is 0 Å². The first-order valence-electron chi connectivity index (χ1n) is 7.35. The van der Waals surface area contributed by atoms with E-state index in [0.29, 0.717) is 12.0 Å². The van der Waals surface area contributed by atoms with E-state index in [1.165, 1.54) is 25.7 Å². The number of hydrogen-bond donors (Lipinski definition) is 1. The number of nitrogens with zero attached hydrogens (tertiary/aromatic N) is 2. The lowest BCUT2D eigenvalue weighted by molar-refractivity contribution is 0.356. The molecule has 1 N–H and O–H groups in total. The standard InChI is InChI=1S/C15H27N3/c1-11(2)9-18-10-13(4)16-15(18)17-14-7-5-6-12(3)8-14/h10-12,14H,5-9H2,1-4H3,(H,16,17). The smallest absolute Gasteiger partial charge is 0.203 e. The predicted molar refractivity (Wildman–Crippen MR) is 76.8 cm³/mol. The lowest BCUT2D eigenvalue weighted by Crippen LogP contribution is -2.27. The van der Waals surface area contributed by atoms with E-state index in [9.17, 15) is 0 Å². The Balaban J connectivity index is 2.03. The van der Waals surface area contributed by atoms with Gasteiger partial charge in [-0.05, 0) is 31.6 Å². The average Bonchev–Trinajstić information content (AvgIpc) is 2.58. The zero-order valence-corrected chi connectivity index (χ0v) is 12.2. The highest BCUT2D eigenvalue weighted by molar-refractivity contribution is 5.30. The summed E-state index contributed by atoms with van der Waals surface area (Å²) in [5, 5.41) is 3.66. The molecule has 1 heterocycles. The number of anilines is 1. The molecule has 1 aromatic rings. The Morgan fingerprint density at radius 1 is 1.44 bits per heavy atom. The van der Waals surface area contributed by atoms with Crippen LogP contribution in [0, 0.1) is 18.8 Å². The number of hydrogen-bond acceptors (Lipinski definition) is 2. The minimum Gasteiger partial charge on any atom is -0.353 e. The largest absolute Gasteiger partial charge is 0.353 e. The Morgan fingerprint density at radius 2 is 2.22 bits per heavy atom. The minimum atomic E-state index is 0.612. The first-order valence-corrected chi connectivity index (χ1v) is 7.35. The maximum absolute atomic E-state index is 4.63. The van der Waals surface area contributed by atoms with E-state index in [1.54, 1.807) is 0 Å². The van der Waals surface area contributed by atoms with Crippen molar-refractivity contribution in [2.75, 3.05) is 5.32 Å². The van der Waals surface area contributed by atoms with E-state index in [2.05, 4.69) is 48.8 Å². The molecule has 0 bridgehead atoms. The summed E-state index contributed by atoms with van der Waals surface area (Å²) in [6, 6.07) is 0.612. The van der Waals surface area contributed by atoms with Crippen LogP contribution in [-0.4, -0.2) is 15.6 Å². The third-order valence-electron chi connectivity index (χ3n) is 3.73. The molecule has 3 heteroatoms. The third kappa shape index (κ3) is 3.50. The van der Waals surface area contributed by atoms with Gasteiger partial charge in [0.05, 0.1) is 5.69 Å². The number of aryl methyl sites for hydroxylation is 1. The number of aromatic nitrogens is 2. The van der Waals surface area contributed by atoms with Gasteiger partial charge in [-0.15, -0.1) is 0 Å². The van der Waals surface area contributed by atoms with Crippen LogP contribution in [0.3, 0.4) is 0 Å². The molecule has 102 valence electrons. The summed E-state index contributed by atoms with van der Waals surface area (Å²) >= 11 is 0. The fourth-order valence-electron chi connectivity index (χ4n) is 2.94. The van der Waals surface area contributed by atoms with Crippen molar-refractivity contribution in [3.05, 3.63) is 11.9 Å². The molecule has 3 nitrogen and oxygen atoms in total. The molecule has 2 unspecified atom stereocenters. The summed E-state index contributed by atoms with van der Waals surface area (Å²) in [4.78, 5) is 4.63. The number of rotatable bonds is 4. The zero-order chi connectivity index (χ0) is 13.1. The van der Waals surface area contributed by atoms with Gasteiger partial charge in [-0.2, -0.15) is 0 Å². The van der Waals surface area contributed by atoms with E-state index in [-0.39, 0.29) is 0 Å². The minimum absolute atomic E-state index is 0.612. The van der Waals surface area contributed by atoms with Crippen LogP contribution in [-0.2, 0) is 6.54 Å².